The number of hydrazine groups is 1. The van der Waals surface area contributed by atoms with Gasteiger partial charge in [-0.2, -0.15) is 0 Å². The van der Waals surface area contributed by atoms with E-state index in [4.69, 9.17) is 5.73 Å². The van der Waals surface area contributed by atoms with Crippen molar-refractivity contribution in [3.63, 3.8) is 0 Å². The van der Waals surface area contributed by atoms with Gasteiger partial charge in [0.1, 0.15) is 0 Å². The van der Waals surface area contributed by atoms with E-state index < -0.39 is 5.91 Å². The Morgan fingerprint density at radius 1 is 1.25 bits per heavy atom. The number of amides is 1. The molecule has 0 unspecified atom stereocenters. The zero-order chi connectivity index (χ0) is 13.9. The van der Waals surface area contributed by atoms with Crippen molar-refractivity contribution < 1.29 is 4.79 Å². The summed E-state index contributed by atoms with van der Waals surface area (Å²) >= 11 is 0. The van der Waals surface area contributed by atoms with E-state index in [0.717, 1.165) is 16.9 Å². The Morgan fingerprint density at radius 2 is 2.10 bits per heavy atom. The number of aromatic nitrogens is 1. The van der Waals surface area contributed by atoms with Gasteiger partial charge in [-0.1, -0.05) is 18.2 Å². The van der Waals surface area contributed by atoms with Gasteiger partial charge in [0.2, 0.25) is 5.91 Å². The summed E-state index contributed by atoms with van der Waals surface area (Å²) < 4.78 is 0. The Bertz CT molecular complexity index is 667. The number of nitrogens with two attached hydrogens (primary N) is 1. The smallest absolute Gasteiger partial charge is 0.246 e. The monoisotopic (exact) mass is 266 g/mol. The number of hydrogen-bond acceptors (Lipinski definition) is 4. The maximum atomic E-state index is 11.4. The van der Waals surface area contributed by atoms with Crippen LogP contribution in [0.5, 0.6) is 0 Å². The molecule has 0 atom stereocenters. The maximum absolute atomic E-state index is 11.4. The molecule has 5 heteroatoms. The second-order valence-electron chi connectivity index (χ2n) is 4.55. The first kappa shape index (κ1) is 12.2. The fraction of sp³-hybridized carbons (Fsp3) is 0.0667. The molecule has 20 heavy (non-hydrogen) atoms. The van der Waals surface area contributed by atoms with Crippen molar-refractivity contribution in [3.8, 4) is 0 Å². The summed E-state index contributed by atoms with van der Waals surface area (Å²) in [4.78, 5) is 15.5. The van der Waals surface area contributed by atoms with Crippen molar-refractivity contribution in [1.29, 1.82) is 0 Å². The summed E-state index contributed by atoms with van der Waals surface area (Å²) in [7, 11) is 0. The van der Waals surface area contributed by atoms with Crippen LogP contribution in [-0.4, -0.2) is 10.9 Å². The standard InChI is InChI=1S/C15H14N4O/c16-15(20)12-8-11-4-1-2-6-14(11)19(10-12)18-13-5-3-7-17-9-13/h1-7,9-10,18H,8H2,(H2,16,20). The minimum atomic E-state index is -0.405. The summed E-state index contributed by atoms with van der Waals surface area (Å²) in [6.45, 7) is 0. The van der Waals surface area contributed by atoms with Crippen LogP contribution in [0.1, 0.15) is 5.56 Å². The maximum Gasteiger partial charge on any atom is 0.246 e. The van der Waals surface area contributed by atoms with Crippen LogP contribution in [0.2, 0.25) is 0 Å². The van der Waals surface area contributed by atoms with Gasteiger partial charge in [0.25, 0.3) is 0 Å². The highest BCUT2D eigenvalue weighted by Gasteiger charge is 2.19. The van der Waals surface area contributed by atoms with Gasteiger partial charge < -0.3 is 5.73 Å². The lowest BCUT2D eigenvalue weighted by Gasteiger charge is -2.29. The van der Waals surface area contributed by atoms with E-state index >= 15 is 0 Å². The quantitative estimate of drug-likeness (QED) is 0.889. The normalized spacial score (nSPS) is 13.4. The van der Waals surface area contributed by atoms with Crippen LogP contribution >= 0.6 is 0 Å². The largest absolute Gasteiger partial charge is 0.366 e. The molecule has 1 aromatic heterocycles. The zero-order valence-electron chi connectivity index (χ0n) is 10.8. The third-order valence-electron chi connectivity index (χ3n) is 3.14. The molecule has 0 fully saturated rings. The van der Waals surface area contributed by atoms with Gasteiger partial charge in [-0.3, -0.25) is 20.2 Å². The molecule has 1 aliphatic heterocycles. The van der Waals surface area contributed by atoms with E-state index in [-0.39, 0.29) is 0 Å². The summed E-state index contributed by atoms with van der Waals surface area (Å²) in [5, 5.41) is 1.80. The lowest BCUT2D eigenvalue weighted by Crippen LogP contribution is -2.31. The fourth-order valence-electron chi connectivity index (χ4n) is 2.18. The zero-order valence-corrected chi connectivity index (χ0v) is 10.8. The van der Waals surface area contributed by atoms with Crippen LogP contribution in [0.3, 0.4) is 0 Å². The molecular formula is C15H14N4O. The SMILES string of the molecule is NC(=O)C1=CN(Nc2cccnc2)c2ccccc2C1. The van der Waals surface area contributed by atoms with Crippen molar-refractivity contribution in [3.05, 3.63) is 66.1 Å². The average Bonchev–Trinajstić information content (AvgIpc) is 2.48. The molecule has 0 bridgehead atoms. The van der Waals surface area contributed by atoms with Crippen LogP contribution in [0.4, 0.5) is 11.4 Å². The highest BCUT2D eigenvalue weighted by atomic mass is 16.1. The molecule has 2 aromatic rings. The summed E-state index contributed by atoms with van der Waals surface area (Å²) in [6, 6.07) is 11.6. The van der Waals surface area contributed by atoms with Crippen molar-refractivity contribution >= 4 is 17.3 Å². The molecule has 1 amide bonds. The second kappa shape index (κ2) is 5.05. The number of rotatable bonds is 3. The molecular weight excluding hydrogens is 252 g/mol. The van der Waals surface area contributed by atoms with Crippen molar-refractivity contribution in [2.24, 2.45) is 5.73 Å². The topological polar surface area (TPSA) is 71.2 Å². The van der Waals surface area contributed by atoms with Crippen LogP contribution in [-0.2, 0) is 11.2 Å². The molecule has 2 heterocycles. The molecule has 0 spiro atoms. The Morgan fingerprint density at radius 3 is 2.85 bits per heavy atom. The minimum absolute atomic E-state index is 0.405. The van der Waals surface area contributed by atoms with Gasteiger partial charge in [0, 0.05) is 24.4 Å². The van der Waals surface area contributed by atoms with Gasteiger partial charge in [-0.25, -0.2) is 0 Å². The molecule has 0 saturated heterocycles. The third-order valence-corrected chi connectivity index (χ3v) is 3.14. The van der Waals surface area contributed by atoms with Gasteiger partial charge >= 0.3 is 0 Å². The lowest BCUT2D eigenvalue weighted by molar-refractivity contribution is -0.114. The van der Waals surface area contributed by atoms with E-state index in [1.54, 1.807) is 23.6 Å². The Kier molecular flexibility index (Phi) is 3.09. The van der Waals surface area contributed by atoms with Crippen molar-refractivity contribution in [1.82, 2.24) is 4.98 Å². The van der Waals surface area contributed by atoms with E-state index in [0.29, 0.717) is 12.0 Å². The number of carbonyl (C=O) groups is 1. The number of fused-ring (bicyclic) bond motifs is 1. The number of anilines is 2. The predicted molar refractivity (Wildman–Crippen MR) is 77.8 cm³/mol. The molecule has 1 aliphatic rings. The average molecular weight is 266 g/mol. The Labute approximate surface area is 116 Å². The van der Waals surface area contributed by atoms with E-state index in [2.05, 4.69) is 10.4 Å². The van der Waals surface area contributed by atoms with Crippen LogP contribution < -0.4 is 16.2 Å². The first-order valence-electron chi connectivity index (χ1n) is 6.28. The molecule has 100 valence electrons. The van der Waals surface area contributed by atoms with Gasteiger partial charge in [-0.15, -0.1) is 0 Å². The van der Waals surface area contributed by atoms with Crippen molar-refractivity contribution in [2.45, 2.75) is 6.42 Å². The number of nitrogens with zero attached hydrogens (tertiary/aromatic N) is 2. The number of benzene rings is 1. The second-order valence-corrected chi connectivity index (χ2v) is 4.55. The number of primary amides is 1. The number of nitrogens with one attached hydrogen (secondary N) is 1. The number of hydrogen-bond donors (Lipinski definition) is 2. The minimum Gasteiger partial charge on any atom is -0.366 e. The molecule has 0 aliphatic carbocycles. The Hall–Kier alpha value is -2.82. The van der Waals surface area contributed by atoms with Gasteiger partial charge in [0.05, 0.1) is 17.6 Å². The van der Waals surface area contributed by atoms with Crippen LogP contribution in [0, 0.1) is 0 Å². The Balaban J connectivity index is 1.97. The van der Waals surface area contributed by atoms with E-state index in [1.807, 2.05) is 36.4 Å². The van der Waals surface area contributed by atoms with Crippen molar-refractivity contribution in [2.75, 3.05) is 10.4 Å². The van der Waals surface area contributed by atoms with Gasteiger partial charge in [-0.05, 0) is 23.8 Å². The fourth-order valence-corrected chi connectivity index (χ4v) is 2.18. The van der Waals surface area contributed by atoms with Crippen LogP contribution in [0.25, 0.3) is 0 Å². The van der Waals surface area contributed by atoms with E-state index in [9.17, 15) is 4.79 Å². The van der Waals surface area contributed by atoms with E-state index in [1.165, 1.54) is 0 Å². The summed E-state index contributed by atoms with van der Waals surface area (Å²) in [5.41, 5.74) is 12.1. The number of carbonyl (C=O) groups excluding carboxylic acids is 1. The molecule has 5 nitrogen and oxygen atoms in total. The molecule has 0 saturated carbocycles. The summed E-state index contributed by atoms with van der Waals surface area (Å²) in [5.74, 6) is -0.405. The first-order valence-corrected chi connectivity index (χ1v) is 6.28. The molecule has 3 rings (SSSR count). The molecule has 1 aromatic carbocycles. The lowest BCUT2D eigenvalue weighted by atomic mass is 10.0. The summed E-state index contributed by atoms with van der Waals surface area (Å²) in [6.07, 6.45) is 5.71. The molecule has 3 N–H and O–H groups in total. The number of para-hydroxylation sites is 1. The number of pyridine rings is 1. The third kappa shape index (κ3) is 2.33. The predicted octanol–water partition coefficient (Wildman–Crippen LogP) is 1.84. The highest BCUT2D eigenvalue weighted by molar-refractivity contribution is 5.94. The first-order chi connectivity index (χ1) is 9.74. The highest BCUT2D eigenvalue weighted by Crippen LogP contribution is 2.28. The van der Waals surface area contributed by atoms with Crippen LogP contribution in [0.15, 0.2) is 60.6 Å². The molecule has 0 radical (unpaired) electrons. The van der Waals surface area contributed by atoms with Gasteiger partial charge in [0.15, 0.2) is 0 Å².